The van der Waals surface area contributed by atoms with E-state index in [0.717, 1.165) is 10.9 Å². The summed E-state index contributed by atoms with van der Waals surface area (Å²) in [5, 5.41) is 7.08. The predicted molar refractivity (Wildman–Crippen MR) is 74.4 cm³/mol. The molecular weight excluding hydrogens is 234 g/mol. The second-order valence-corrected chi connectivity index (χ2v) is 6.51. The molecule has 1 heterocycles. The van der Waals surface area contributed by atoms with E-state index in [1.54, 1.807) is 11.8 Å². The fourth-order valence-corrected chi connectivity index (χ4v) is 2.52. The zero-order valence-corrected chi connectivity index (χ0v) is 12.1. The van der Waals surface area contributed by atoms with E-state index in [9.17, 15) is 4.79 Å². The molecule has 1 saturated heterocycles. The second-order valence-electron chi connectivity index (χ2n) is 5.55. The molecule has 0 aliphatic carbocycles. The Hall–Kier alpha value is -0.710. The first-order chi connectivity index (χ1) is 7.80. The van der Waals surface area contributed by atoms with Crippen molar-refractivity contribution in [3.05, 3.63) is 0 Å². The van der Waals surface area contributed by atoms with Crippen LogP contribution in [0.5, 0.6) is 0 Å². The van der Waals surface area contributed by atoms with Gasteiger partial charge in [-0.3, -0.25) is 4.79 Å². The minimum atomic E-state index is -0.322. The second kappa shape index (κ2) is 5.76. The first kappa shape index (κ1) is 14.4. The average molecular weight is 257 g/mol. The number of thioether (sulfide) groups is 1. The lowest BCUT2D eigenvalue weighted by atomic mass is 10.1. The number of hydrogen-bond donors (Lipinski definition) is 2. The molecule has 0 aromatic carbocycles. The predicted octanol–water partition coefficient (Wildman–Crippen LogP) is 1.62. The molecule has 2 N–H and O–H groups in total. The molecule has 5 heteroatoms. The van der Waals surface area contributed by atoms with Gasteiger partial charge < -0.3 is 10.6 Å². The highest BCUT2D eigenvalue weighted by atomic mass is 32.2. The summed E-state index contributed by atoms with van der Waals surface area (Å²) in [6.45, 7) is 11.0. The summed E-state index contributed by atoms with van der Waals surface area (Å²) >= 11 is 1.68. The summed E-state index contributed by atoms with van der Waals surface area (Å²) in [6, 6.07) is -0.322. The van der Waals surface area contributed by atoms with Gasteiger partial charge in [0.2, 0.25) is 5.91 Å². The number of rotatable bonds is 4. The maximum Gasteiger partial charge on any atom is 0.244 e. The first-order valence-corrected chi connectivity index (χ1v) is 7.05. The Balaban J connectivity index is 2.46. The number of amides is 1. The zero-order chi connectivity index (χ0) is 13.1. The molecule has 1 fully saturated rings. The number of nitrogens with zero attached hydrogens (tertiary/aromatic N) is 1. The van der Waals surface area contributed by atoms with Crippen molar-refractivity contribution in [3.63, 3.8) is 0 Å². The average Bonchev–Trinajstić information content (AvgIpc) is 2.54. The molecule has 1 aliphatic rings. The quantitative estimate of drug-likeness (QED) is 0.804. The summed E-state index contributed by atoms with van der Waals surface area (Å²) in [6.07, 6.45) is 0. The van der Waals surface area contributed by atoms with E-state index in [-0.39, 0.29) is 17.5 Å². The highest BCUT2D eigenvalue weighted by molar-refractivity contribution is 8.14. The van der Waals surface area contributed by atoms with E-state index < -0.39 is 0 Å². The molecule has 1 rings (SSSR count). The van der Waals surface area contributed by atoms with Crippen LogP contribution in [0.4, 0.5) is 0 Å². The van der Waals surface area contributed by atoms with Crippen LogP contribution >= 0.6 is 11.8 Å². The molecule has 0 spiro atoms. The largest absolute Gasteiger partial charge is 0.359 e. The fourth-order valence-electron chi connectivity index (χ4n) is 1.37. The number of nitrogens with one attached hydrogen (secondary N) is 2. The highest BCUT2D eigenvalue weighted by Crippen LogP contribution is 2.22. The van der Waals surface area contributed by atoms with Gasteiger partial charge in [-0.2, -0.15) is 0 Å². The molecule has 1 aliphatic heterocycles. The highest BCUT2D eigenvalue weighted by Gasteiger charge is 2.28. The third-order valence-electron chi connectivity index (χ3n) is 2.39. The fraction of sp³-hybridized carbons (Fsp3) is 0.833. The van der Waals surface area contributed by atoms with E-state index in [1.807, 2.05) is 6.92 Å². The van der Waals surface area contributed by atoms with Crippen LogP contribution in [0.2, 0.25) is 0 Å². The van der Waals surface area contributed by atoms with Gasteiger partial charge >= 0.3 is 0 Å². The first-order valence-electron chi connectivity index (χ1n) is 6.06. The number of aliphatic imine (C=N–C) groups is 1. The molecule has 98 valence electrons. The van der Waals surface area contributed by atoms with Gasteiger partial charge in [-0.25, -0.2) is 4.99 Å². The number of hydrogen-bond acceptors (Lipinski definition) is 3. The SMILES string of the molecule is CC(C)CNC(=O)C(C)N=C1NC(C)(C)CS1. The summed E-state index contributed by atoms with van der Waals surface area (Å²) < 4.78 is 0. The van der Waals surface area contributed by atoms with Crippen molar-refractivity contribution in [2.24, 2.45) is 10.9 Å². The van der Waals surface area contributed by atoms with Crippen molar-refractivity contribution in [2.75, 3.05) is 12.3 Å². The molecule has 0 bridgehead atoms. The normalized spacial score (nSPS) is 22.6. The van der Waals surface area contributed by atoms with Gasteiger partial charge in [0.15, 0.2) is 5.17 Å². The van der Waals surface area contributed by atoms with Gasteiger partial charge in [-0.05, 0) is 26.7 Å². The van der Waals surface area contributed by atoms with Crippen LogP contribution in [0.15, 0.2) is 4.99 Å². The molecule has 17 heavy (non-hydrogen) atoms. The van der Waals surface area contributed by atoms with Gasteiger partial charge in [-0.1, -0.05) is 25.6 Å². The van der Waals surface area contributed by atoms with Crippen molar-refractivity contribution < 1.29 is 4.79 Å². The standard InChI is InChI=1S/C12H23N3OS/c1-8(2)6-13-10(16)9(3)14-11-15-12(4,5)7-17-11/h8-9H,6-7H2,1-5H3,(H,13,16)(H,14,15). The van der Waals surface area contributed by atoms with Crippen LogP contribution in [-0.2, 0) is 4.79 Å². The van der Waals surface area contributed by atoms with Crippen molar-refractivity contribution in [1.82, 2.24) is 10.6 Å². The van der Waals surface area contributed by atoms with Crippen LogP contribution in [0.25, 0.3) is 0 Å². The molecule has 0 aromatic heterocycles. The Morgan fingerprint density at radius 1 is 1.53 bits per heavy atom. The molecule has 0 radical (unpaired) electrons. The molecule has 1 atom stereocenters. The topological polar surface area (TPSA) is 53.5 Å². The Morgan fingerprint density at radius 2 is 2.18 bits per heavy atom. The van der Waals surface area contributed by atoms with Crippen LogP contribution in [0.3, 0.4) is 0 Å². The van der Waals surface area contributed by atoms with Gasteiger partial charge in [0.05, 0.1) is 0 Å². The van der Waals surface area contributed by atoms with E-state index in [2.05, 4.69) is 43.3 Å². The Labute approximate surface area is 108 Å². The van der Waals surface area contributed by atoms with Gasteiger partial charge in [-0.15, -0.1) is 0 Å². The summed E-state index contributed by atoms with van der Waals surface area (Å²) in [5.74, 6) is 1.46. The van der Waals surface area contributed by atoms with Gasteiger partial charge in [0.25, 0.3) is 0 Å². The van der Waals surface area contributed by atoms with Crippen LogP contribution in [0.1, 0.15) is 34.6 Å². The Morgan fingerprint density at radius 3 is 2.65 bits per heavy atom. The van der Waals surface area contributed by atoms with E-state index in [1.165, 1.54) is 0 Å². The van der Waals surface area contributed by atoms with Crippen molar-refractivity contribution >= 4 is 22.8 Å². The van der Waals surface area contributed by atoms with Crippen LogP contribution in [0, 0.1) is 5.92 Å². The monoisotopic (exact) mass is 257 g/mol. The molecule has 1 unspecified atom stereocenters. The third-order valence-corrected chi connectivity index (χ3v) is 3.74. The lowest BCUT2D eigenvalue weighted by Crippen LogP contribution is -2.39. The van der Waals surface area contributed by atoms with Gasteiger partial charge in [0, 0.05) is 17.8 Å². The maximum absolute atomic E-state index is 11.7. The van der Waals surface area contributed by atoms with Crippen LogP contribution in [-0.4, -0.2) is 35.0 Å². The maximum atomic E-state index is 11.7. The molecule has 0 saturated carbocycles. The Bertz CT molecular complexity index is 313. The summed E-state index contributed by atoms with van der Waals surface area (Å²) in [5.41, 5.74) is 0.0810. The van der Waals surface area contributed by atoms with E-state index in [4.69, 9.17) is 0 Å². The van der Waals surface area contributed by atoms with E-state index >= 15 is 0 Å². The van der Waals surface area contributed by atoms with Crippen LogP contribution < -0.4 is 10.6 Å². The number of amidine groups is 1. The van der Waals surface area contributed by atoms with Crippen molar-refractivity contribution in [2.45, 2.75) is 46.2 Å². The van der Waals surface area contributed by atoms with E-state index in [0.29, 0.717) is 12.5 Å². The molecule has 4 nitrogen and oxygen atoms in total. The summed E-state index contributed by atoms with van der Waals surface area (Å²) in [7, 11) is 0. The molecule has 1 amide bonds. The number of carbonyl (C=O) groups is 1. The Kier molecular flexibility index (Phi) is 4.86. The third kappa shape index (κ3) is 4.98. The lowest BCUT2D eigenvalue weighted by molar-refractivity contribution is -0.122. The van der Waals surface area contributed by atoms with Gasteiger partial charge in [0.1, 0.15) is 6.04 Å². The molecular formula is C12H23N3OS. The number of carbonyl (C=O) groups excluding carboxylic acids is 1. The van der Waals surface area contributed by atoms with Crippen molar-refractivity contribution in [1.29, 1.82) is 0 Å². The van der Waals surface area contributed by atoms with Crippen molar-refractivity contribution in [3.8, 4) is 0 Å². The minimum Gasteiger partial charge on any atom is -0.359 e. The zero-order valence-electron chi connectivity index (χ0n) is 11.3. The lowest BCUT2D eigenvalue weighted by Gasteiger charge is -2.16. The molecule has 0 aromatic rings. The minimum absolute atomic E-state index is 0.00157. The summed E-state index contributed by atoms with van der Waals surface area (Å²) in [4.78, 5) is 16.1. The smallest absolute Gasteiger partial charge is 0.244 e.